The van der Waals surface area contributed by atoms with Crippen molar-refractivity contribution in [2.75, 3.05) is 19.8 Å². The molecule has 1 unspecified atom stereocenters. The third kappa shape index (κ3) is 4.65. The van der Waals surface area contributed by atoms with E-state index in [1.54, 1.807) is 4.80 Å². The summed E-state index contributed by atoms with van der Waals surface area (Å²) in [6.45, 7) is 6.61. The summed E-state index contributed by atoms with van der Waals surface area (Å²) in [5.41, 5.74) is 1.89. The number of rotatable bonds is 9. The van der Waals surface area contributed by atoms with Gasteiger partial charge >= 0.3 is 0 Å². The van der Waals surface area contributed by atoms with Crippen LogP contribution in [0.5, 0.6) is 0 Å². The van der Waals surface area contributed by atoms with Gasteiger partial charge in [0.25, 0.3) is 0 Å². The Bertz CT molecular complexity index is 512. The summed E-state index contributed by atoms with van der Waals surface area (Å²) in [5, 5.41) is 12.4. The van der Waals surface area contributed by atoms with E-state index in [4.69, 9.17) is 4.74 Å². The SMILES string of the molecule is CCCNC(COCCC)c1cnn(-c2ccccc2)n1. The van der Waals surface area contributed by atoms with Crippen LogP contribution in [0.2, 0.25) is 0 Å². The van der Waals surface area contributed by atoms with Crippen molar-refractivity contribution in [1.29, 1.82) is 0 Å². The zero-order valence-electron chi connectivity index (χ0n) is 12.8. The molecule has 0 radical (unpaired) electrons. The van der Waals surface area contributed by atoms with Crippen LogP contribution in [-0.4, -0.2) is 34.8 Å². The van der Waals surface area contributed by atoms with Gasteiger partial charge in [0.15, 0.2) is 0 Å². The monoisotopic (exact) mass is 288 g/mol. The minimum atomic E-state index is 0.0916. The number of para-hydroxylation sites is 1. The first-order valence-electron chi connectivity index (χ1n) is 7.64. The summed E-state index contributed by atoms with van der Waals surface area (Å²) < 4.78 is 5.67. The van der Waals surface area contributed by atoms with Crippen LogP contribution >= 0.6 is 0 Å². The fourth-order valence-corrected chi connectivity index (χ4v) is 2.03. The lowest BCUT2D eigenvalue weighted by molar-refractivity contribution is 0.111. The van der Waals surface area contributed by atoms with Crippen LogP contribution in [0.4, 0.5) is 0 Å². The Morgan fingerprint density at radius 3 is 2.71 bits per heavy atom. The van der Waals surface area contributed by atoms with E-state index in [2.05, 4.69) is 29.4 Å². The van der Waals surface area contributed by atoms with Gasteiger partial charge in [0.05, 0.1) is 24.5 Å². The van der Waals surface area contributed by atoms with Crippen LogP contribution in [0.25, 0.3) is 5.69 Å². The normalized spacial score (nSPS) is 12.5. The van der Waals surface area contributed by atoms with Crippen molar-refractivity contribution in [3.8, 4) is 5.69 Å². The predicted octanol–water partition coefficient (Wildman–Crippen LogP) is 2.73. The molecule has 0 amide bonds. The third-order valence-corrected chi connectivity index (χ3v) is 3.13. The summed E-state index contributed by atoms with van der Waals surface area (Å²) in [7, 11) is 0. The van der Waals surface area contributed by atoms with Crippen LogP contribution in [0.15, 0.2) is 36.5 Å². The summed E-state index contributed by atoms with van der Waals surface area (Å²) in [6.07, 6.45) is 3.92. The molecule has 0 bridgehead atoms. The lowest BCUT2D eigenvalue weighted by Crippen LogP contribution is -2.27. The Labute approximate surface area is 126 Å². The molecule has 0 aliphatic heterocycles. The molecule has 5 nitrogen and oxygen atoms in total. The molecule has 0 aliphatic rings. The van der Waals surface area contributed by atoms with E-state index in [9.17, 15) is 0 Å². The molecule has 114 valence electrons. The number of hydrogen-bond donors (Lipinski definition) is 1. The first-order valence-corrected chi connectivity index (χ1v) is 7.64. The molecule has 0 saturated carbocycles. The Hall–Kier alpha value is -1.72. The number of hydrogen-bond acceptors (Lipinski definition) is 4. The van der Waals surface area contributed by atoms with Gasteiger partial charge in [-0.2, -0.15) is 15.0 Å². The van der Waals surface area contributed by atoms with E-state index in [1.807, 2.05) is 36.5 Å². The fraction of sp³-hybridized carbons (Fsp3) is 0.500. The predicted molar refractivity (Wildman–Crippen MR) is 83.5 cm³/mol. The van der Waals surface area contributed by atoms with Gasteiger partial charge in [0.1, 0.15) is 5.69 Å². The topological polar surface area (TPSA) is 52.0 Å². The number of aromatic nitrogens is 3. The second-order valence-corrected chi connectivity index (χ2v) is 4.98. The van der Waals surface area contributed by atoms with Crippen molar-refractivity contribution in [1.82, 2.24) is 20.3 Å². The maximum absolute atomic E-state index is 5.67. The molecule has 2 aromatic rings. The highest BCUT2D eigenvalue weighted by Gasteiger charge is 2.15. The van der Waals surface area contributed by atoms with E-state index in [0.29, 0.717) is 6.61 Å². The molecule has 1 aromatic heterocycles. The number of ether oxygens (including phenoxy) is 1. The van der Waals surface area contributed by atoms with Crippen molar-refractivity contribution >= 4 is 0 Å². The maximum Gasteiger partial charge on any atom is 0.102 e. The van der Waals surface area contributed by atoms with Crippen molar-refractivity contribution in [2.45, 2.75) is 32.7 Å². The maximum atomic E-state index is 5.67. The van der Waals surface area contributed by atoms with Crippen LogP contribution in [0.3, 0.4) is 0 Å². The number of nitrogens with one attached hydrogen (secondary N) is 1. The van der Waals surface area contributed by atoms with Crippen molar-refractivity contribution in [3.63, 3.8) is 0 Å². The second-order valence-electron chi connectivity index (χ2n) is 4.98. The average Bonchev–Trinajstić information content (AvgIpc) is 3.01. The Kier molecular flexibility index (Phi) is 6.37. The number of benzene rings is 1. The van der Waals surface area contributed by atoms with E-state index in [0.717, 1.165) is 37.4 Å². The molecule has 0 fully saturated rings. The second kappa shape index (κ2) is 8.54. The zero-order chi connectivity index (χ0) is 14.9. The lowest BCUT2D eigenvalue weighted by atomic mass is 10.2. The van der Waals surface area contributed by atoms with Gasteiger partial charge in [-0.05, 0) is 31.5 Å². The summed E-state index contributed by atoms with van der Waals surface area (Å²) in [5.74, 6) is 0. The van der Waals surface area contributed by atoms with Crippen LogP contribution in [0, 0.1) is 0 Å². The Balaban J connectivity index is 2.07. The molecule has 5 heteroatoms. The molecular formula is C16H24N4O. The highest BCUT2D eigenvalue weighted by atomic mass is 16.5. The van der Waals surface area contributed by atoms with Gasteiger partial charge in [-0.1, -0.05) is 32.0 Å². The van der Waals surface area contributed by atoms with Crippen LogP contribution < -0.4 is 5.32 Å². The van der Waals surface area contributed by atoms with Gasteiger partial charge < -0.3 is 10.1 Å². The highest BCUT2D eigenvalue weighted by molar-refractivity contribution is 5.28. The van der Waals surface area contributed by atoms with E-state index in [1.165, 1.54) is 0 Å². The molecule has 0 saturated heterocycles. The Morgan fingerprint density at radius 1 is 1.19 bits per heavy atom. The minimum Gasteiger partial charge on any atom is -0.379 e. The van der Waals surface area contributed by atoms with Gasteiger partial charge in [-0.25, -0.2) is 0 Å². The molecule has 21 heavy (non-hydrogen) atoms. The molecule has 0 spiro atoms. The molecule has 0 aliphatic carbocycles. The van der Waals surface area contributed by atoms with Crippen LogP contribution in [0.1, 0.15) is 38.4 Å². The smallest absolute Gasteiger partial charge is 0.102 e. The standard InChI is InChI=1S/C16H24N4O/c1-3-10-17-16(13-21-11-4-2)15-12-18-20(19-15)14-8-6-5-7-9-14/h5-9,12,16-17H,3-4,10-11,13H2,1-2H3. The lowest BCUT2D eigenvalue weighted by Gasteiger charge is -2.15. The molecule has 1 heterocycles. The quantitative estimate of drug-likeness (QED) is 0.721. The van der Waals surface area contributed by atoms with Crippen molar-refractivity contribution in [2.24, 2.45) is 0 Å². The largest absolute Gasteiger partial charge is 0.379 e. The van der Waals surface area contributed by atoms with Crippen molar-refractivity contribution in [3.05, 3.63) is 42.2 Å². The first kappa shape index (κ1) is 15.7. The zero-order valence-corrected chi connectivity index (χ0v) is 12.8. The van der Waals surface area contributed by atoms with Gasteiger partial charge in [0, 0.05) is 6.61 Å². The van der Waals surface area contributed by atoms with Crippen molar-refractivity contribution < 1.29 is 4.74 Å². The molecule has 1 atom stereocenters. The first-order chi connectivity index (χ1) is 10.3. The van der Waals surface area contributed by atoms with E-state index < -0.39 is 0 Å². The van der Waals surface area contributed by atoms with E-state index >= 15 is 0 Å². The van der Waals surface area contributed by atoms with Crippen LogP contribution in [-0.2, 0) is 4.74 Å². The number of nitrogens with zero attached hydrogens (tertiary/aromatic N) is 3. The molecule has 1 aromatic carbocycles. The molecular weight excluding hydrogens is 264 g/mol. The fourth-order valence-electron chi connectivity index (χ4n) is 2.03. The third-order valence-electron chi connectivity index (χ3n) is 3.13. The van der Waals surface area contributed by atoms with Gasteiger partial charge in [0.2, 0.25) is 0 Å². The summed E-state index contributed by atoms with van der Waals surface area (Å²) >= 11 is 0. The summed E-state index contributed by atoms with van der Waals surface area (Å²) in [4.78, 5) is 1.66. The molecule has 2 rings (SSSR count). The Morgan fingerprint density at radius 2 is 2.00 bits per heavy atom. The highest BCUT2D eigenvalue weighted by Crippen LogP contribution is 2.12. The summed E-state index contributed by atoms with van der Waals surface area (Å²) in [6, 6.07) is 10.0. The molecule has 1 N–H and O–H groups in total. The minimum absolute atomic E-state index is 0.0916. The van der Waals surface area contributed by atoms with Gasteiger partial charge in [-0.15, -0.1) is 0 Å². The van der Waals surface area contributed by atoms with Gasteiger partial charge in [-0.3, -0.25) is 0 Å². The average molecular weight is 288 g/mol. The van der Waals surface area contributed by atoms with E-state index in [-0.39, 0.29) is 6.04 Å².